The second kappa shape index (κ2) is 5.66. The highest BCUT2D eigenvalue weighted by Gasteiger charge is 2.00. The predicted octanol–water partition coefficient (Wildman–Crippen LogP) is 5.71. The maximum Gasteiger partial charge on any atom is 0.0708 e. The molecule has 1 aromatic heterocycles. The molecule has 0 aliphatic rings. The van der Waals surface area contributed by atoms with Gasteiger partial charge < -0.3 is 0 Å². The zero-order valence-electron chi connectivity index (χ0n) is 10.6. The van der Waals surface area contributed by atoms with E-state index in [0.717, 1.165) is 16.6 Å². The number of benzene rings is 2. The van der Waals surface area contributed by atoms with Crippen molar-refractivity contribution in [1.29, 1.82) is 0 Å². The molecule has 3 rings (SSSR count). The van der Waals surface area contributed by atoms with E-state index in [1.165, 1.54) is 5.39 Å². The molecule has 0 saturated heterocycles. The van der Waals surface area contributed by atoms with E-state index in [0.29, 0.717) is 10.0 Å². The SMILES string of the molecule is Clc1ccc(/C=C/c2nccc3ccccc23)c(Cl)c1. The van der Waals surface area contributed by atoms with Crippen LogP contribution < -0.4 is 0 Å². The van der Waals surface area contributed by atoms with Crippen LogP contribution in [0.25, 0.3) is 22.9 Å². The highest BCUT2D eigenvalue weighted by Crippen LogP contribution is 2.24. The molecule has 0 spiro atoms. The predicted molar refractivity (Wildman–Crippen MR) is 87.1 cm³/mol. The van der Waals surface area contributed by atoms with Crippen molar-refractivity contribution in [3.63, 3.8) is 0 Å². The number of pyridine rings is 1. The zero-order valence-corrected chi connectivity index (χ0v) is 12.1. The van der Waals surface area contributed by atoms with Crippen LogP contribution in [0.3, 0.4) is 0 Å². The molecule has 0 saturated carbocycles. The molecule has 0 N–H and O–H groups in total. The van der Waals surface area contributed by atoms with Gasteiger partial charge in [0, 0.05) is 21.6 Å². The molecule has 0 aliphatic heterocycles. The van der Waals surface area contributed by atoms with Gasteiger partial charge in [-0.2, -0.15) is 0 Å². The number of aromatic nitrogens is 1. The van der Waals surface area contributed by atoms with Gasteiger partial charge in [0.05, 0.1) is 5.69 Å². The van der Waals surface area contributed by atoms with E-state index in [1.807, 2.05) is 48.7 Å². The molecule has 0 aliphatic carbocycles. The third-order valence-electron chi connectivity index (χ3n) is 3.09. The molecule has 0 fully saturated rings. The first-order chi connectivity index (χ1) is 9.74. The smallest absolute Gasteiger partial charge is 0.0708 e. The lowest BCUT2D eigenvalue weighted by molar-refractivity contribution is 1.33. The van der Waals surface area contributed by atoms with E-state index in [4.69, 9.17) is 23.2 Å². The Hall–Kier alpha value is -1.83. The van der Waals surface area contributed by atoms with Crippen molar-refractivity contribution in [2.75, 3.05) is 0 Å². The van der Waals surface area contributed by atoms with E-state index < -0.39 is 0 Å². The minimum atomic E-state index is 0.633. The van der Waals surface area contributed by atoms with Crippen LogP contribution in [0.4, 0.5) is 0 Å². The topological polar surface area (TPSA) is 12.9 Å². The average molecular weight is 300 g/mol. The van der Waals surface area contributed by atoms with Crippen molar-refractivity contribution in [2.24, 2.45) is 0 Å². The summed E-state index contributed by atoms with van der Waals surface area (Å²) in [5, 5.41) is 3.56. The summed E-state index contributed by atoms with van der Waals surface area (Å²) in [6, 6.07) is 15.6. The van der Waals surface area contributed by atoms with Crippen LogP contribution in [0.5, 0.6) is 0 Å². The summed E-state index contributed by atoms with van der Waals surface area (Å²) in [5.74, 6) is 0. The molecule has 3 aromatic rings. The van der Waals surface area contributed by atoms with Gasteiger partial charge in [-0.1, -0.05) is 59.6 Å². The standard InChI is InChI=1S/C17H11Cl2N/c18-14-7-5-13(16(19)11-14)6-8-17-15-4-2-1-3-12(15)9-10-20-17/h1-11H/b8-6+. The first-order valence-electron chi connectivity index (χ1n) is 6.21. The van der Waals surface area contributed by atoms with Crippen molar-refractivity contribution < 1.29 is 0 Å². The molecule has 20 heavy (non-hydrogen) atoms. The fourth-order valence-corrected chi connectivity index (χ4v) is 2.55. The third kappa shape index (κ3) is 2.69. The van der Waals surface area contributed by atoms with E-state index in [1.54, 1.807) is 6.07 Å². The molecule has 1 heterocycles. The molecule has 0 radical (unpaired) electrons. The number of fused-ring (bicyclic) bond motifs is 1. The molecular formula is C17H11Cl2N. The molecule has 0 bridgehead atoms. The fourth-order valence-electron chi connectivity index (χ4n) is 2.08. The molecule has 0 atom stereocenters. The van der Waals surface area contributed by atoms with Gasteiger partial charge in [0.15, 0.2) is 0 Å². The fraction of sp³-hybridized carbons (Fsp3) is 0. The number of hydrogen-bond donors (Lipinski definition) is 0. The van der Waals surface area contributed by atoms with E-state index in [2.05, 4.69) is 17.1 Å². The van der Waals surface area contributed by atoms with Gasteiger partial charge in [-0.3, -0.25) is 4.98 Å². The lowest BCUT2D eigenvalue weighted by atomic mass is 10.1. The Kier molecular flexibility index (Phi) is 3.72. The highest BCUT2D eigenvalue weighted by molar-refractivity contribution is 6.35. The Morgan fingerprint density at radius 1 is 0.900 bits per heavy atom. The summed E-state index contributed by atoms with van der Waals surface area (Å²) in [6.45, 7) is 0. The van der Waals surface area contributed by atoms with Crippen molar-refractivity contribution in [1.82, 2.24) is 4.98 Å². The molecular weight excluding hydrogens is 289 g/mol. The van der Waals surface area contributed by atoms with E-state index in [9.17, 15) is 0 Å². The second-order valence-electron chi connectivity index (χ2n) is 4.42. The van der Waals surface area contributed by atoms with Gasteiger partial charge in [0.25, 0.3) is 0 Å². The van der Waals surface area contributed by atoms with Gasteiger partial charge in [-0.25, -0.2) is 0 Å². The first-order valence-corrected chi connectivity index (χ1v) is 6.96. The minimum absolute atomic E-state index is 0.633. The molecule has 2 aromatic carbocycles. The van der Waals surface area contributed by atoms with Crippen LogP contribution in [-0.4, -0.2) is 4.98 Å². The molecule has 3 heteroatoms. The first kappa shape index (κ1) is 13.2. The third-order valence-corrected chi connectivity index (χ3v) is 3.65. The number of rotatable bonds is 2. The van der Waals surface area contributed by atoms with Crippen molar-refractivity contribution in [2.45, 2.75) is 0 Å². The highest BCUT2D eigenvalue weighted by atomic mass is 35.5. The minimum Gasteiger partial charge on any atom is -0.256 e. The monoisotopic (exact) mass is 299 g/mol. The largest absolute Gasteiger partial charge is 0.256 e. The van der Waals surface area contributed by atoms with Gasteiger partial charge >= 0.3 is 0 Å². The van der Waals surface area contributed by atoms with E-state index >= 15 is 0 Å². The van der Waals surface area contributed by atoms with Crippen molar-refractivity contribution in [3.05, 3.63) is 76.0 Å². The van der Waals surface area contributed by atoms with Crippen LogP contribution in [0.15, 0.2) is 54.7 Å². The van der Waals surface area contributed by atoms with E-state index in [-0.39, 0.29) is 0 Å². The van der Waals surface area contributed by atoms with Gasteiger partial charge in [0.1, 0.15) is 0 Å². The number of halogens is 2. The van der Waals surface area contributed by atoms with Crippen LogP contribution in [0, 0.1) is 0 Å². The molecule has 0 unspecified atom stereocenters. The Labute approximate surface area is 127 Å². The Bertz CT molecular complexity index is 789. The second-order valence-corrected chi connectivity index (χ2v) is 5.26. The summed E-state index contributed by atoms with van der Waals surface area (Å²) < 4.78 is 0. The lowest BCUT2D eigenvalue weighted by Crippen LogP contribution is -1.83. The molecule has 1 nitrogen and oxygen atoms in total. The van der Waals surface area contributed by atoms with Crippen LogP contribution in [-0.2, 0) is 0 Å². The maximum absolute atomic E-state index is 6.16. The van der Waals surface area contributed by atoms with Gasteiger partial charge in [-0.05, 0) is 35.2 Å². The van der Waals surface area contributed by atoms with Crippen molar-refractivity contribution >= 4 is 46.1 Å². The van der Waals surface area contributed by atoms with Gasteiger partial charge in [-0.15, -0.1) is 0 Å². The summed E-state index contributed by atoms with van der Waals surface area (Å²) in [5.41, 5.74) is 1.85. The summed E-state index contributed by atoms with van der Waals surface area (Å²) in [4.78, 5) is 4.41. The summed E-state index contributed by atoms with van der Waals surface area (Å²) in [7, 11) is 0. The zero-order chi connectivity index (χ0) is 13.9. The van der Waals surface area contributed by atoms with Crippen molar-refractivity contribution in [3.8, 4) is 0 Å². The quantitative estimate of drug-likeness (QED) is 0.590. The Morgan fingerprint density at radius 2 is 1.75 bits per heavy atom. The Morgan fingerprint density at radius 3 is 2.60 bits per heavy atom. The lowest BCUT2D eigenvalue weighted by Gasteiger charge is -2.02. The normalized spacial score (nSPS) is 11.3. The average Bonchev–Trinajstić information content (AvgIpc) is 2.46. The van der Waals surface area contributed by atoms with Gasteiger partial charge in [0.2, 0.25) is 0 Å². The summed E-state index contributed by atoms with van der Waals surface area (Å²) in [6.07, 6.45) is 5.73. The number of nitrogens with zero attached hydrogens (tertiary/aromatic N) is 1. The van der Waals surface area contributed by atoms with Crippen LogP contribution in [0.1, 0.15) is 11.3 Å². The van der Waals surface area contributed by atoms with Crippen LogP contribution in [0.2, 0.25) is 10.0 Å². The maximum atomic E-state index is 6.16. The molecule has 0 amide bonds. The molecule has 98 valence electrons. The van der Waals surface area contributed by atoms with Crippen LogP contribution >= 0.6 is 23.2 Å². The Balaban J connectivity index is 2.02. The number of hydrogen-bond acceptors (Lipinski definition) is 1. The summed E-state index contributed by atoms with van der Waals surface area (Å²) >= 11 is 12.0.